The fourth-order valence-corrected chi connectivity index (χ4v) is 1.80. The smallest absolute Gasteiger partial charge is 0.0464 e. The molecular formula is C12H11Br2N. The van der Waals surface area contributed by atoms with E-state index in [-0.39, 0.29) is 34.0 Å². The third-order valence-electron chi connectivity index (χ3n) is 2.41. The van der Waals surface area contributed by atoms with E-state index in [0.717, 1.165) is 0 Å². The average Bonchev–Trinajstić information content (AvgIpc) is 2.56. The highest BCUT2D eigenvalue weighted by Gasteiger charge is 2.00. The zero-order chi connectivity index (χ0) is 8.67. The number of fused-ring (bicyclic) bond motifs is 3. The summed E-state index contributed by atoms with van der Waals surface area (Å²) in [5.74, 6) is 0. The molecule has 0 radical (unpaired) electrons. The quantitative estimate of drug-likeness (QED) is 0.626. The van der Waals surface area contributed by atoms with Gasteiger partial charge in [-0.25, -0.2) is 0 Å². The summed E-state index contributed by atoms with van der Waals surface area (Å²) in [4.78, 5) is 3.38. The minimum Gasteiger partial charge on any atom is -0.355 e. The summed E-state index contributed by atoms with van der Waals surface area (Å²) >= 11 is 0. The van der Waals surface area contributed by atoms with Crippen LogP contribution in [0.2, 0.25) is 0 Å². The van der Waals surface area contributed by atoms with Crippen molar-refractivity contribution in [3.63, 3.8) is 0 Å². The number of benzene rings is 2. The molecular weight excluding hydrogens is 318 g/mol. The van der Waals surface area contributed by atoms with Crippen LogP contribution < -0.4 is 0 Å². The molecule has 1 aromatic heterocycles. The first-order valence-corrected chi connectivity index (χ1v) is 4.40. The van der Waals surface area contributed by atoms with Gasteiger partial charge in [0.15, 0.2) is 0 Å². The molecule has 0 fully saturated rings. The number of halogens is 2. The van der Waals surface area contributed by atoms with Gasteiger partial charge >= 0.3 is 0 Å². The Labute approximate surface area is 109 Å². The first-order valence-electron chi connectivity index (χ1n) is 4.40. The van der Waals surface area contributed by atoms with Gasteiger partial charge in [-0.3, -0.25) is 0 Å². The van der Waals surface area contributed by atoms with Crippen molar-refractivity contribution >= 4 is 55.8 Å². The molecule has 1 heterocycles. The van der Waals surface area contributed by atoms with Crippen molar-refractivity contribution < 1.29 is 0 Å². The largest absolute Gasteiger partial charge is 0.355 e. The topological polar surface area (TPSA) is 15.8 Å². The summed E-state index contributed by atoms with van der Waals surface area (Å²) in [7, 11) is 0. The number of hydrogen-bond donors (Lipinski definition) is 1. The molecule has 3 aromatic rings. The van der Waals surface area contributed by atoms with E-state index in [4.69, 9.17) is 0 Å². The molecule has 0 saturated carbocycles. The molecule has 78 valence electrons. The van der Waals surface area contributed by atoms with E-state index in [1.54, 1.807) is 0 Å². The van der Waals surface area contributed by atoms with E-state index in [1.165, 1.54) is 21.8 Å². The number of aromatic nitrogens is 1. The third-order valence-corrected chi connectivity index (χ3v) is 2.41. The molecule has 0 unspecified atom stereocenters. The van der Waals surface area contributed by atoms with Gasteiger partial charge in [0.2, 0.25) is 0 Å². The Hall–Kier alpha value is -0.800. The summed E-state index contributed by atoms with van der Waals surface area (Å²) < 4.78 is 0. The van der Waals surface area contributed by atoms with Crippen LogP contribution in [0.1, 0.15) is 0 Å². The van der Waals surface area contributed by atoms with Gasteiger partial charge in [0.25, 0.3) is 0 Å². The number of H-pyrrole nitrogens is 1. The van der Waals surface area contributed by atoms with E-state index < -0.39 is 0 Å². The summed E-state index contributed by atoms with van der Waals surface area (Å²) in [5, 5.41) is 2.61. The van der Waals surface area contributed by atoms with Crippen LogP contribution in [0.15, 0.2) is 48.5 Å². The van der Waals surface area contributed by atoms with Crippen LogP contribution in [0.3, 0.4) is 0 Å². The molecule has 3 rings (SSSR count). The molecule has 15 heavy (non-hydrogen) atoms. The first kappa shape index (κ1) is 12.3. The predicted molar refractivity (Wildman–Crippen MR) is 76.4 cm³/mol. The lowest BCUT2D eigenvalue weighted by molar-refractivity contribution is 1.55. The van der Waals surface area contributed by atoms with Crippen molar-refractivity contribution in [2.24, 2.45) is 0 Å². The van der Waals surface area contributed by atoms with Crippen molar-refractivity contribution in [2.75, 3.05) is 0 Å². The van der Waals surface area contributed by atoms with Crippen LogP contribution in [-0.4, -0.2) is 4.98 Å². The highest BCUT2D eigenvalue weighted by atomic mass is 79.9. The lowest BCUT2D eigenvalue weighted by atomic mass is 10.2. The van der Waals surface area contributed by atoms with Crippen LogP contribution >= 0.6 is 34.0 Å². The Balaban J connectivity index is 0.000000562. The fraction of sp³-hybridized carbons (Fsp3) is 0. The second kappa shape index (κ2) is 4.81. The van der Waals surface area contributed by atoms with E-state index >= 15 is 0 Å². The van der Waals surface area contributed by atoms with Crippen molar-refractivity contribution in [3.05, 3.63) is 48.5 Å². The minimum atomic E-state index is 0. The molecule has 0 aliphatic carbocycles. The molecule has 0 atom stereocenters. The Morgan fingerprint density at radius 3 is 1.47 bits per heavy atom. The number of nitrogens with one attached hydrogen (secondary N) is 1. The number of para-hydroxylation sites is 2. The minimum absolute atomic E-state index is 0. The maximum absolute atomic E-state index is 3.38. The normalized spacial score (nSPS) is 9.60. The molecule has 2 aromatic carbocycles. The fourth-order valence-electron chi connectivity index (χ4n) is 1.80. The second-order valence-corrected chi connectivity index (χ2v) is 3.22. The summed E-state index contributed by atoms with van der Waals surface area (Å²) in [5.41, 5.74) is 2.42. The van der Waals surface area contributed by atoms with Gasteiger partial charge in [0.1, 0.15) is 0 Å². The average molecular weight is 329 g/mol. The SMILES string of the molecule is Br.Br.c1ccc2c(c1)[nH]c1ccccc12. The van der Waals surface area contributed by atoms with Gasteiger partial charge in [-0.2, -0.15) is 0 Å². The summed E-state index contributed by atoms with van der Waals surface area (Å²) in [6.07, 6.45) is 0. The maximum Gasteiger partial charge on any atom is 0.0464 e. The van der Waals surface area contributed by atoms with E-state index in [1.807, 2.05) is 0 Å². The standard InChI is InChI=1S/C12H9N.2BrH/c1-3-7-11-9(5-1)10-6-2-4-8-12(10)13-11;;/h1-8,13H;2*1H. The number of rotatable bonds is 0. The number of hydrogen-bond acceptors (Lipinski definition) is 0. The van der Waals surface area contributed by atoms with E-state index in [9.17, 15) is 0 Å². The predicted octanol–water partition coefficient (Wildman–Crippen LogP) is 4.48. The zero-order valence-electron chi connectivity index (χ0n) is 7.94. The Bertz CT molecular complexity index is 521. The maximum atomic E-state index is 3.38. The van der Waals surface area contributed by atoms with Crippen molar-refractivity contribution in [2.45, 2.75) is 0 Å². The Morgan fingerprint density at radius 1 is 0.600 bits per heavy atom. The number of aromatic amines is 1. The summed E-state index contributed by atoms with van der Waals surface area (Å²) in [6, 6.07) is 16.8. The van der Waals surface area contributed by atoms with E-state index in [0.29, 0.717) is 0 Å². The second-order valence-electron chi connectivity index (χ2n) is 3.22. The van der Waals surface area contributed by atoms with E-state index in [2.05, 4.69) is 53.5 Å². The van der Waals surface area contributed by atoms with Crippen LogP contribution in [0, 0.1) is 0 Å². The van der Waals surface area contributed by atoms with Crippen LogP contribution in [0.4, 0.5) is 0 Å². The highest BCUT2D eigenvalue weighted by molar-refractivity contribution is 8.93. The molecule has 0 amide bonds. The molecule has 0 aliphatic rings. The first-order chi connectivity index (χ1) is 6.45. The van der Waals surface area contributed by atoms with Crippen molar-refractivity contribution in [1.29, 1.82) is 0 Å². The lowest BCUT2D eigenvalue weighted by Gasteiger charge is -1.87. The molecule has 1 nitrogen and oxygen atoms in total. The zero-order valence-corrected chi connectivity index (χ0v) is 11.4. The van der Waals surface area contributed by atoms with Crippen LogP contribution in [-0.2, 0) is 0 Å². The summed E-state index contributed by atoms with van der Waals surface area (Å²) in [6.45, 7) is 0. The Morgan fingerprint density at radius 2 is 1.00 bits per heavy atom. The van der Waals surface area contributed by atoms with Gasteiger partial charge in [0.05, 0.1) is 0 Å². The molecule has 0 aliphatic heterocycles. The Kier molecular flexibility index (Phi) is 3.94. The van der Waals surface area contributed by atoms with Gasteiger partial charge in [0, 0.05) is 21.8 Å². The molecule has 0 saturated heterocycles. The van der Waals surface area contributed by atoms with Crippen molar-refractivity contribution in [1.82, 2.24) is 4.98 Å². The third kappa shape index (κ3) is 1.94. The lowest BCUT2D eigenvalue weighted by Crippen LogP contribution is -1.62. The molecule has 1 N–H and O–H groups in total. The monoisotopic (exact) mass is 327 g/mol. The van der Waals surface area contributed by atoms with Crippen LogP contribution in [0.25, 0.3) is 21.8 Å². The molecule has 3 heteroatoms. The van der Waals surface area contributed by atoms with Gasteiger partial charge in [-0.05, 0) is 12.1 Å². The van der Waals surface area contributed by atoms with Gasteiger partial charge < -0.3 is 4.98 Å². The van der Waals surface area contributed by atoms with Crippen LogP contribution in [0.5, 0.6) is 0 Å². The molecule has 0 spiro atoms. The molecule has 0 bridgehead atoms. The van der Waals surface area contributed by atoms with Crippen molar-refractivity contribution in [3.8, 4) is 0 Å². The van der Waals surface area contributed by atoms with Gasteiger partial charge in [-0.1, -0.05) is 36.4 Å². The highest BCUT2D eigenvalue weighted by Crippen LogP contribution is 2.24. The van der Waals surface area contributed by atoms with Gasteiger partial charge in [-0.15, -0.1) is 34.0 Å².